The van der Waals surface area contributed by atoms with E-state index in [1.165, 1.54) is 12.1 Å². The van der Waals surface area contributed by atoms with Gasteiger partial charge < -0.3 is 15.5 Å². The quantitative estimate of drug-likeness (QED) is 0.807. The normalized spacial score (nSPS) is 17.4. The standard InChI is InChI=1S/C17H22F3N3O2.ClH/c1-21-9-12-5-4-8-23(11-12)15(24)10-22-16(25)13-6-2-3-7-14(13)17(18,19)20;/h2-3,6-7,12,21H,4-5,8-11H2,1H3,(H,22,25);1H. The van der Waals surface area contributed by atoms with E-state index in [2.05, 4.69) is 10.6 Å². The fourth-order valence-corrected chi connectivity index (χ4v) is 3.04. The number of hydrogen-bond donors (Lipinski definition) is 2. The van der Waals surface area contributed by atoms with Gasteiger partial charge in [0.1, 0.15) is 0 Å². The lowest BCUT2D eigenvalue weighted by Gasteiger charge is -2.32. The molecule has 2 rings (SSSR count). The van der Waals surface area contributed by atoms with Crippen LogP contribution in [0.15, 0.2) is 24.3 Å². The van der Waals surface area contributed by atoms with Crippen molar-refractivity contribution in [1.82, 2.24) is 15.5 Å². The van der Waals surface area contributed by atoms with Crippen LogP contribution in [0.2, 0.25) is 0 Å². The first kappa shape index (κ1) is 22.2. The Morgan fingerprint density at radius 2 is 1.96 bits per heavy atom. The molecule has 9 heteroatoms. The Kier molecular flexibility index (Phi) is 8.36. The van der Waals surface area contributed by atoms with Crippen molar-refractivity contribution in [2.45, 2.75) is 19.0 Å². The Morgan fingerprint density at radius 3 is 2.62 bits per heavy atom. The van der Waals surface area contributed by atoms with Gasteiger partial charge in [0, 0.05) is 13.1 Å². The number of halogens is 4. The molecule has 1 heterocycles. The zero-order valence-corrected chi connectivity index (χ0v) is 15.3. The van der Waals surface area contributed by atoms with Gasteiger partial charge in [-0.15, -0.1) is 12.4 Å². The van der Waals surface area contributed by atoms with Gasteiger partial charge in [0.25, 0.3) is 5.91 Å². The van der Waals surface area contributed by atoms with Gasteiger partial charge in [-0.25, -0.2) is 0 Å². The molecule has 0 bridgehead atoms. The molecule has 0 aliphatic carbocycles. The van der Waals surface area contributed by atoms with Gasteiger partial charge in [-0.2, -0.15) is 13.2 Å². The van der Waals surface area contributed by atoms with Crippen LogP contribution in [0.4, 0.5) is 13.2 Å². The van der Waals surface area contributed by atoms with Gasteiger partial charge in [-0.3, -0.25) is 9.59 Å². The second kappa shape index (κ2) is 9.78. The topological polar surface area (TPSA) is 61.4 Å². The van der Waals surface area contributed by atoms with E-state index in [1.54, 1.807) is 4.90 Å². The molecule has 0 saturated carbocycles. The molecule has 5 nitrogen and oxygen atoms in total. The number of piperidine rings is 1. The molecule has 1 aromatic rings. The minimum atomic E-state index is -4.62. The molecule has 146 valence electrons. The monoisotopic (exact) mass is 393 g/mol. The van der Waals surface area contributed by atoms with E-state index >= 15 is 0 Å². The van der Waals surface area contributed by atoms with E-state index in [-0.39, 0.29) is 24.9 Å². The average Bonchev–Trinajstić information content (AvgIpc) is 2.59. The van der Waals surface area contributed by atoms with Crippen molar-refractivity contribution in [2.75, 3.05) is 33.2 Å². The van der Waals surface area contributed by atoms with Crippen molar-refractivity contribution in [3.8, 4) is 0 Å². The Hall–Kier alpha value is -1.80. The SMILES string of the molecule is CNCC1CCCN(C(=O)CNC(=O)c2ccccc2C(F)(F)F)C1.Cl. The number of amides is 2. The summed E-state index contributed by atoms with van der Waals surface area (Å²) in [6.45, 7) is 1.69. The molecule has 0 aromatic heterocycles. The van der Waals surface area contributed by atoms with E-state index in [1.807, 2.05) is 7.05 Å². The number of likely N-dealkylation sites (tertiary alicyclic amines) is 1. The molecule has 1 fully saturated rings. The molecule has 1 unspecified atom stereocenters. The number of nitrogens with one attached hydrogen (secondary N) is 2. The highest BCUT2D eigenvalue weighted by molar-refractivity contribution is 5.97. The van der Waals surface area contributed by atoms with Crippen molar-refractivity contribution in [1.29, 1.82) is 0 Å². The summed E-state index contributed by atoms with van der Waals surface area (Å²) in [7, 11) is 1.85. The molecule has 1 saturated heterocycles. The average molecular weight is 394 g/mol. The minimum Gasteiger partial charge on any atom is -0.343 e. The Bertz CT molecular complexity index is 624. The van der Waals surface area contributed by atoms with Gasteiger partial charge in [0.2, 0.25) is 5.91 Å². The second-order valence-electron chi connectivity index (χ2n) is 6.13. The van der Waals surface area contributed by atoms with Crippen LogP contribution in [-0.2, 0) is 11.0 Å². The van der Waals surface area contributed by atoms with Crippen molar-refractivity contribution in [2.24, 2.45) is 5.92 Å². The van der Waals surface area contributed by atoms with E-state index < -0.39 is 23.2 Å². The number of carbonyl (C=O) groups excluding carboxylic acids is 2. The first-order chi connectivity index (χ1) is 11.8. The van der Waals surface area contributed by atoms with E-state index in [0.717, 1.165) is 31.5 Å². The summed E-state index contributed by atoms with van der Waals surface area (Å²) in [6, 6.07) is 4.54. The predicted molar refractivity (Wildman–Crippen MR) is 94.3 cm³/mol. The molecule has 2 N–H and O–H groups in total. The van der Waals surface area contributed by atoms with Crippen LogP contribution in [0.25, 0.3) is 0 Å². The fraction of sp³-hybridized carbons (Fsp3) is 0.529. The number of rotatable bonds is 5. The first-order valence-corrected chi connectivity index (χ1v) is 8.19. The summed E-state index contributed by atoms with van der Waals surface area (Å²) in [5, 5.41) is 5.38. The summed E-state index contributed by atoms with van der Waals surface area (Å²) in [4.78, 5) is 26.0. The van der Waals surface area contributed by atoms with Crippen LogP contribution in [0.5, 0.6) is 0 Å². The summed E-state index contributed by atoms with van der Waals surface area (Å²) in [5.74, 6) is -0.826. The van der Waals surface area contributed by atoms with Crippen molar-refractivity contribution in [3.05, 3.63) is 35.4 Å². The molecular weight excluding hydrogens is 371 g/mol. The Balaban J connectivity index is 0.00000338. The van der Waals surface area contributed by atoms with Crippen molar-refractivity contribution in [3.63, 3.8) is 0 Å². The van der Waals surface area contributed by atoms with Gasteiger partial charge in [0.15, 0.2) is 0 Å². The lowest BCUT2D eigenvalue weighted by Crippen LogP contribution is -2.46. The highest BCUT2D eigenvalue weighted by Gasteiger charge is 2.35. The maximum atomic E-state index is 13.0. The highest BCUT2D eigenvalue weighted by Crippen LogP contribution is 2.31. The number of nitrogens with zero attached hydrogens (tertiary/aromatic N) is 1. The zero-order valence-electron chi connectivity index (χ0n) is 14.4. The zero-order chi connectivity index (χ0) is 18.4. The number of carbonyl (C=O) groups is 2. The van der Waals surface area contributed by atoms with Crippen LogP contribution >= 0.6 is 12.4 Å². The maximum absolute atomic E-state index is 13.0. The second-order valence-corrected chi connectivity index (χ2v) is 6.13. The third-order valence-corrected chi connectivity index (χ3v) is 4.24. The van der Waals surface area contributed by atoms with Crippen LogP contribution < -0.4 is 10.6 Å². The van der Waals surface area contributed by atoms with Crippen LogP contribution in [0.1, 0.15) is 28.8 Å². The Morgan fingerprint density at radius 1 is 1.27 bits per heavy atom. The lowest BCUT2D eigenvalue weighted by atomic mass is 9.98. The van der Waals surface area contributed by atoms with Crippen LogP contribution in [0, 0.1) is 5.92 Å². The summed E-state index contributed by atoms with van der Waals surface area (Å²) in [6.07, 6.45) is -2.72. The molecule has 1 atom stereocenters. The molecule has 0 radical (unpaired) electrons. The largest absolute Gasteiger partial charge is 0.417 e. The molecule has 1 aliphatic heterocycles. The summed E-state index contributed by atoms with van der Waals surface area (Å²) in [5.41, 5.74) is -1.48. The molecule has 26 heavy (non-hydrogen) atoms. The molecule has 1 aromatic carbocycles. The van der Waals surface area contributed by atoms with Gasteiger partial charge in [0.05, 0.1) is 17.7 Å². The van der Waals surface area contributed by atoms with Crippen molar-refractivity contribution >= 4 is 24.2 Å². The van der Waals surface area contributed by atoms with E-state index in [4.69, 9.17) is 0 Å². The van der Waals surface area contributed by atoms with Crippen LogP contribution in [0.3, 0.4) is 0 Å². The molecular formula is C17H23ClF3N3O2. The minimum absolute atomic E-state index is 0. The van der Waals surface area contributed by atoms with E-state index in [9.17, 15) is 22.8 Å². The predicted octanol–water partition coefficient (Wildman–Crippen LogP) is 2.32. The van der Waals surface area contributed by atoms with Crippen LogP contribution in [-0.4, -0.2) is 49.9 Å². The van der Waals surface area contributed by atoms with Crippen molar-refractivity contribution < 1.29 is 22.8 Å². The number of benzene rings is 1. The first-order valence-electron chi connectivity index (χ1n) is 8.19. The highest BCUT2D eigenvalue weighted by atomic mass is 35.5. The number of alkyl halides is 3. The van der Waals surface area contributed by atoms with E-state index in [0.29, 0.717) is 19.0 Å². The number of hydrogen-bond acceptors (Lipinski definition) is 3. The molecule has 0 spiro atoms. The lowest BCUT2D eigenvalue weighted by molar-refractivity contribution is -0.137. The fourth-order valence-electron chi connectivity index (χ4n) is 3.04. The smallest absolute Gasteiger partial charge is 0.343 e. The third kappa shape index (κ3) is 5.88. The maximum Gasteiger partial charge on any atom is 0.417 e. The third-order valence-electron chi connectivity index (χ3n) is 4.24. The molecule has 2 amide bonds. The Labute approximate surface area is 156 Å². The molecule has 1 aliphatic rings. The summed E-state index contributed by atoms with van der Waals surface area (Å²) < 4.78 is 38.9. The van der Waals surface area contributed by atoms with Gasteiger partial charge in [-0.1, -0.05) is 12.1 Å². The summed E-state index contributed by atoms with van der Waals surface area (Å²) >= 11 is 0. The van der Waals surface area contributed by atoms with Gasteiger partial charge >= 0.3 is 6.18 Å². The van der Waals surface area contributed by atoms with Gasteiger partial charge in [-0.05, 0) is 44.5 Å².